The molecule has 0 saturated carbocycles. The highest BCUT2D eigenvalue weighted by atomic mass is 16.5. The molecule has 1 heterocycles. The minimum absolute atomic E-state index is 0.532. The lowest BCUT2D eigenvalue weighted by atomic mass is 10.2. The molecule has 4 nitrogen and oxygen atoms in total. The van der Waals surface area contributed by atoms with E-state index in [4.69, 9.17) is 9.26 Å². The third-order valence-electron chi connectivity index (χ3n) is 2.42. The molecule has 0 saturated heterocycles. The number of benzene rings is 1. The quantitative estimate of drug-likeness (QED) is 0.760. The molecule has 1 aromatic carbocycles. The van der Waals surface area contributed by atoms with Crippen LogP contribution in [0.4, 0.5) is 0 Å². The van der Waals surface area contributed by atoms with Gasteiger partial charge in [0.1, 0.15) is 18.6 Å². The largest absolute Gasteiger partial charge is 0.490 e. The molecule has 0 amide bonds. The lowest BCUT2D eigenvalue weighted by molar-refractivity contribution is 0.363. The molecule has 0 atom stereocenters. The summed E-state index contributed by atoms with van der Waals surface area (Å²) >= 11 is 0. The van der Waals surface area contributed by atoms with Crippen LogP contribution in [0.3, 0.4) is 0 Å². The average Bonchev–Trinajstić information content (AvgIpc) is 2.91. The predicted octanol–water partition coefficient (Wildman–Crippen LogP) is 2.53. The lowest BCUT2D eigenvalue weighted by Crippen LogP contribution is -2.12. The highest BCUT2D eigenvalue weighted by Gasteiger charge is 1.97. The second-order valence-electron chi connectivity index (χ2n) is 3.84. The molecule has 0 bridgehead atoms. The number of rotatable bonds is 7. The Kier molecular flexibility index (Phi) is 4.55. The van der Waals surface area contributed by atoms with Gasteiger partial charge in [-0.25, -0.2) is 0 Å². The van der Waals surface area contributed by atoms with Gasteiger partial charge in [-0.1, -0.05) is 29.9 Å². The van der Waals surface area contributed by atoms with Crippen LogP contribution in [0.2, 0.25) is 0 Å². The molecule has 4 heteroatoms. The summed E-state index contributed by atoms with van der Waals surface area (Å²) < 4.78 is 10.2. The molecular formula is C14H16N2O2. The van der Waals surface area contributed by atoms with E-state index in [0.29, 0.717) is 13.2 Å². The first-order chi connectivity index (χ1) is 8.88. The minimum atomic E-state index is 0.532. The third kappa shape index (κ3) is 3.75. The molecule has 0 spiro atoms. The van der Waals surface area contributed by atoms with Crippen LogP contribution in [-0.2, 0) is 13.1 Å². The molecule has 0 fully saturated rings. The van der Waals surface area contributed by atoms with E-state index in [-0.39, 0.29) is 0 Å². The maximum atomic E-state index is 5.41. The van der Waals surface area contributed by atoms with Gasteiger partial charge in [-0.05, 0) is 17.7 Å². The first-order valence-electron chi connectivity index (χ1n) is 5.81. The SMILES string of the molecule is C=CCOc1ccc(CNCc2ccon2)cc1. The van der Waals surface area contributed by atoms with Crippen LogP contribution in [0, 0.1) is 0 Å². The van der Waals surface area contributed by atoms with Gasteiger partial charge in [-0.15, -0.1) is 0 Å². The highest BCUT2D eigenvalue weighted by molar-refractivity contribution is 5.27. The topological polar surface area (TPSA) is 47.3 Å². The summed E-state index contributed by atoms with van der Waals surface area (Å²) in [6.07, 6.45) is 3.30. The number of ether oxygens (including phenoxy) is 1. The molecule has 1 aromatic heterocycles. The first-order valence-corrected chi connectivity index (χ1v) is 5.81. The van der Waals surface area contributed by atoms with Gasteiger partial charge >= 0.3 is 0 Å². The zero-order valence-electron chi connectivity index (χ0n) is 10.1. The Hall–Kier alpha value is -2.07. The Morgan fingerprint density at radius 3 is 2.72 bits per heavy atom. The summed E-state index contributed by atoms with van der Waals surface area (Å²) in [5.74, 6) is 0.857. The van der Waals surface area contributed by atoms with Crippen molar-refractivity contribution in [3.63, 3.8) is 0 Å². The van der Waals surface area contributed by atoms with E-state index in [1.54, 1.807) is 12.3 Å². The Labute approximate surface area is 106 Å². The Morgan fingerprint density at radius 2 is 2.06 bits per heavy atom. The predicted molar refractivity (Wildman–Crippen MR) is 69.2 cm³/mol. The molecule has 94 valence electrons. The second kappa shape index (κ2) is 6.61. The van der Waals surface area contributed by atoms with Crippen molar-refractivity contribution < 1.29 is 9.26 Å². The van der Waals surface area contributed by atoms with Crippen LogP contribution >= 0.6 is 0 Å². The van der Waals surface area contributed by atoms with E-state index in [9.17, 15) is 0 Å². The molecule has 2 aromatic rings. The summed E-state index contributed by atoms with van der Waals surface area (Å²) in [5, 5.41) is 7.12. The van der Waals surface area contributed by atoms with E-state index in [0.717, 1.165) is 18.0 Å². The summed E-state index contributed by atoms with van der Waals surface area (Å²) in [4.78, 5) is 0. The fourth-order valence-corrected chi connectivity index (χ4v) is 1.52. The molecular weight excluding hydrogens is 228 g/mol. The van der Waals surface area contributed by atoms with Crippen LogP contribution < -0.4 is 10.1 Å². The monoisotopic (exact) mass is 244 g/mol. The van der Waals surface area contributed by atoms with Gasteiger partial charge in [0.25, 0.3) is 0 Å². The lowest BCUT2D eigenvalue weighted by Gasteiger charge is -2.05. The van der Waals surface area contributed by atoms with E-state index in [1.165, 1.54) is 5.56 Å². The average molecular weight is 244 g/mol. The summed E-state index contributed by atoms with van der Waals surface area (Å²) in [6, 6.07) is 9.83. The second-order valence-corrected chi connectivity index (χ2v) is 3.84. The van der Waals surface area contributed by atoms with Crippen molar-refractivity contribution in [2.24, 2.45) is 0 Å². The van der Waals surface area contributed by atoms with Gasteiger partial charge in [0.2, 0.25) is 0 Å². The zero-order chi connectivity index (χ0) is 12.6. The fourth-order valence-electron chi connectivity index (χ4n) is 1.52. The molecule has 0 aliphatic rings. The van der Waals surface area contributed by atoms with Gasteiger partial charge in [-0.2, -0.15) is 0 Å². The normalized spacial score (nSPS) is 10.2. The molecule has 0 aliphatic heterocycles. The van der Waals surface area contributed by atoms with Crippen molar-refractivity contribution in [2.75, 3.05) is 6.61 Å². The maximum absolute atomic E-state index is 5.41. The van der Waals surface area contributed by atoms with Crippen molar-refractivity contribution in [3.8, 4) is 5.75 Å². The number of hydrogen-bond donors (Lipinski definition) is 1. The summed E-state index contributed by atoms with van der Waals surface area (Å²) in [7, 11) is 0. The molecule has 0 aliphatic carbocycles. The Balaban J connectivity index is 1.77. The molecule has 0 unspecified atom stereocenters. The Bertz CT molecular complexity index is 463. The van der Waals surface area contributed by atoms with Gasteiger partial charge < -0.3 is 14.6 Å². The van der Waals surface area contributed by atoms with Crippen molar-refractivity contribution >= 4 is 0 Å². The van der Waals surface area contributed by atoms with Gasteiger partial charge in [0, 0.05) is 19.2 Å². The number of nitrogens with zero attached hydrogens (tertiary/aromatic N) is 1. The van der Waals surface area contributed by atoms with E-state index >= 15 is 0 Å². The van der Waals surface area contributed by atoms with E-state index in [1.807, 2.05) is 30.3 Å². The maximum Gasteiger partial charge on any atom is 0.124 e. The highest BCUT2D eigenvalue weighted by Crippen LogP contribution is 2.12. The van der Waals surface area contributed by atoms with Gasteiger partial charge in [0.05, 0.1) is 5.69 Å². The van der Waals surface area contributed by atoms with Crippen LogP contribution in [0.1, 0.15) is 11.3 Å². The van der Waals surface area contributed by atoms with Crippen molar-refractivity contribution in [3.05, 3.63) is 60.5 Å². The molecule has 2 rings (SSSR count). The van der Waals surface area contributed by atoms with E-state index < -0.39 is 0 Å². The zero-order valence-corrected chi connectivity index (χ0v) is 10.1. The van der Waals surface area contributed by atoms with E-state index in [2.05, 4.69) is 17.1 Å². The minimum Gasteiger partial charge on any atom is -0.490 e. The van der Waals surface area contributed by atoms with Crippen LogP contribution in [0.25, 0.3) is 0 Å². The summed E-state index contributed by atoms with van der Waals surface area (Å²) in [6.45, 7) is 5.63. The van der Waals surface area contributed by atoms with Gasteiger partial charge in [-0.3, -0.25) is 0 Å². The molecule has 1 N–H and O–H groups in total. The third-order valence-corrected chi connectivity index (χ3v) is 2.42. The van der Waals surface area contributed by atoms with Crippen LogP contribution in [0.5, 0.6) is 5.75 Å². The van der Waals surface area contributed by atoms with Crippen molar-refractivity contribution in [1.82, 2.24) is 10.5 Å². The number of hydrogen-bond acceptors (Lipinski definition) is 4. The molecule has 18 heavy (non-hydrogen) atoms. The fraction of sp³-hybridized carbons (Fsp3) is 0.214. The molecule has 0 radical (unpaired) electrons. The van der Waals surface area contributed by atoms with Crippen LogP contribution in [-0.4, -0.2) is 11.8 Å². The van der Waals surface area contributed by atoms with Crippen LogP contribution in [0.15, 0.2) is 53.8 Å². The smallest absolute Gasteiger partial charge is 0.124 e. The Morgan fingerprint density at radius 1 is 1.22 bits per heavy atom. The number of nitrogens with one attached hydrogen (secondary N) is 1. The van der Waals surface area contributed by atoms with Gasteiger partial charge in [0.15, 0.2) is 0 Å². The van der Waals surface area contributed by atoms with Crippen molar-refractivity contribution in [1.29, 1.82) is 0 Å². The standard InChI is InChI=1S/C14H16N2O2/c1-2-8-17-14-5-3-12(4-6-14)10-15-11-13-7-9-18-16-13/h2-7,9,15H,1,8,10-11H2. The number of aromatic nitrogens is 1. The van der Waals surface area contributed by atoms with Crippen molar-refractivity contribution in [2.45, 2.75) is 13.1 Å². The first kappa shape index (κ1) is 12.4. The summed E-state index contributed by atoms with van der Waals surface area (Å²) in [5.41, 5.74) is 2.10.